The summed E-state index contributed by atoms with van der Waals surface area (Å²) in [6.07, 6.45) is 6.31. The fraction of sp³-hybridized carbons (Fsp3) is 0.286. The molecule has 0 saturated carbocycles. The van der Waals surface area contributed by atoms with Crippen molar-refractivity contribution in [2.45, 2.75) is 13.0 Å². The summed E-state index contributed by atoms with van der Waals surface area (Å²) in [7, 11) is 0. The molecule has 0 saturated heterocycles. The van der Waals surface area contributed by atoms with Crippen LogP contribution in [0.1, 0.15) is 6.92 Å². The summed E-state index contributed by atoms with van der Waals surface area (Å²) in [5, 5.41) is 3.00. The molecule has 1 heterocycles. The second-order valence-electron chi connectivity index (χ2n) is 2.08. The summed E-state index contributed by atoms with van der Waals surface area (Å²) in [6, 6.07) is 0.355. The number of carbonyl (C=O) groups excluding carboxylic acids is 1. The maximum Gasteiger partial charge on any atom is 0.151 e. The molecule has 0 fully saturated rings. The number of carbonyl (C=O) groups is 1. The fourth-order valence-electron chi connectivity index (χ4n) is 0.660. The first-order chi connectivity index (χ1) is 4.33. The lowest BCUT2D eigenvalue weighted by Gasteiger charge is -2.10. The molecule has 1 N–H and O–H groups in total. The topological polar surface area (TPSA) is 29.1 Å². The van der Waals surface area contributed by atoms with Crippen LogP contribution in [-0.4, -0.2) is 12.3 Å². The van der Waals surface area contributed by atoms with Crippen LogP contribution in [0, 0.1) is 0 Å². The molecule has 0 aliphatic carbocycles. The van der Waals surface area contributed by atoms with E-state index in [1.807, 2.05) is 19.1 Å². The van der Waals surface area contributed by atoms with Crippen LogP contribution in [-0.2, 0) is 4.79 Å². The van der Waals surface area contributed by atoms with Gasteiger partial charge in [-0.2, -0.15) is 0 Å². The van der Waals surface area contributed by atoms with Crippen LogP contribution in [0.4, 0.5) is 0 Å². The SMILES string of the molecule is CC1C=CC(C=O)=CN1. The molecule has 0 radical (unpaired) electrons. The number of hydrogen-bond acceptors (Lipinski definition) is 2. The Balaban J connectivity index is 2.62. The minimum absolute atomic E-state index is 0.355. The van der Waals surface area contributed by atoms with Crippen LogP contribution in [0.2, 0.25) is 0 Å². The Kier molecular flexibility index (Phi) is 1.68. The Bertz CT molecular complexity index is 170. The lowest BCUT2D eigenvalue weighted by atomic mass is 10.2. The molecule has 1 aliphatic heterocycles. The molecule has 1 unspecified atom stereocenters. The third kappa shape index (κ3) is 1.42. The molecule has 1 atom stereocenters. The van der Waals surface area contributed by atoms with Crippen molar-refractivity contribution in [2.75, 3.05) is 0 Å². The standard InChI is InChI=1S/C7H9NO/c1-6-2-3-7(5-9)4-8-6/h2-6,8H,1H3. The third-order valence-electron chi connectivity index (χ3n) is 1.23. The average Bonchev–Trinajstić information content (AvgIpc) is 1.90. The van der Waals surface area contributed by atoms with Gasteiger partial charge in [-0.05, 0) is 6.92 Å². The average molecular weight is 123 g/mol. The Hall–Kier alpha value is -1.05. The molecule has 1 aliphatic rings. The first-order valence-corrected chi connectivity index (χ1v) is 2.92. The summed E-state index contributed by atoms with van der Waals surface area (Å²) in [4.78, 5) is 10.1. The van der Waals surface area contributed by atoms with Gasteiger partial charge in [0.25, 0.3) is 0 Å². The van der Waals surface area contributed by atoms with Crippen LogP contribution in [0.15, 0.2) is 23.9 Å². The van der Waals surface area contributed by atoms with Crippen molar-refractivity contribution in [3.63, 3.8) is 0 Å². The molecule has 0 amide bonds. The number of allylic oxidation sites excluding steroid dienone is 2. The van der Waals surface area contributed by atoms with Crippen LogP contribution in [0.3, 0.4) is 0 Å². The highest BCUT2D eigenvalue weighted by atomic mass is 16.1. The number of aldehydes is 1. The Morgan fingerprint density at radius 3 is 3.00 bits per heavy atom. The van der Waals surface area contributed by atoms with E-state index in [-0.39, 0.29) is 0 Å². The van der Waals surface area contributed by atoms with Crippen molar-refractivity contribution in [2.24, 2.45) is 0 Å². The predicted molar refractivity (Wildman–Crippen MR) is 35.9 cm³/mol. The Morgan fingerprint density at radius 2 is 2.56 bits per heavy atom. The van der Waals surface area contributed by atoms with Crippen LogP contribution in [0.25, 0.3) is 0 Å². The smallest absolute Gasteiger partial charge is 0.151 e. The van der Waals surface area contributed by atoms with Crippen molar-refractivity contribution in [1.29, 1.82) is 0 Å². The van der Waals surface area contributed by atoms with Gasteiger partial charge in [-0.1, -0.05) is 12.2 Å². The van der Waals surface area contributed by atoms with E-state index >= 15 is 0 Å². The van der Waals surface area contributed by atoms with E-state index < -0.39 is 0 Å². The Morgan fingerprint density at radius 1 is 1.78 bits per heavy atom. The van der Waals surface area contributed by atoms with Gasteiger partial charge in [0.2, 0.25) is 0 Å². The quantitative estimate of drug-likeness (QED) is 0.518. The molecule has 0 aromatic heterocycles. The van der Waals surface area contributed by atoms with Crippen molar-refractivity contribution in [3.05, 3.63) is 23.9 Å². The van der Waals surface area contributed by atoms with Crippen molar-refractivity contribution < 1.29 is 4.79 Å². The van der Waals surface area contributed by atoms with E-state index in [0.717, 1.165) is 6.29 Å². The van der Waals surface area contributed by atoms with Gasteiger partial charge in [0.15, 0.2) is 6.29 Å². The fourth-order valence-corrected chi connectivity index (χ4v) is 0.660. The number of hydrogen-bond donors (Lipinski definition) is 1. The van der Waals surface area contributed by atoms with Crippen molar-refractivity contribution in [3.8, 4) is 0 Å². The second kappa shape index (κ2) is 2.49. The van der Waals surface area contributed by atoms with Gasteiger partial charge in [-0.15, -0.1) is 0 Å². The zero-order valence-electron chi connectivity index (χ0n) is 5.29. The molecule has 9 heavy (non-hydrogen) atoms. The van der Waals surface area contributed by atoms with Gasteiger partial charge >= 0.3 is 0 Å². The van der Waals surface area contributed by atoms with Gasteiger partial charge in [-0.25, -0.2) is 0 Å². The van der Waals surface area contributed by atoms with Gasteiger partial charge in [0, 0.05) is 17.8 Å². The summed E-state index contributed by atoms with van der Waals surface area (Å²) < 4.78 is 0. The van der Waals surface area contributed by atoms with Crippen LogP contribution >= 0.6 is 0 Å². The molecule has 1 rings (SSSR count). The second-order valence-corrected chi connectivity index (χ2v) is 2.08. The normalized spacial score (nSPS) is 24.6. The third-order valence-corrected chi connectivity index (χ3v) is 1.23. The number of rotatable bonds is 1. The minimum atomic E-state index is 0.355. The molecule has 2 nitrogen and oxygen atoms in total. The zero-order chi connectivity index (χ0) is 6.69. The molecule has 0 aromatic rings. The van der Waals surface area contributed by atoms with E-state index in [4.69, 9.17) is 0 Å². The highest BCUT2D eigenvalue weighted by Gasteiger charge is 1.98. The van der Waals surface area contributed by atoms with E-state index in [2.05, 4.69) is 5.32 Å². The summed E-state index contributed by atoms with van der Waals surface area (Å²) in [6.45, 7) is 2.02. The highest BCUT2D eigenvalue weighted by molar-refractivity contribution is 5.77. The number of dihydropyridines is 1. The van der Waals surface area contributed by atoms with E-state index in [1.54, 1.807) is 6.20 Å². The van der Waals surface area contributed by atoms with Crippen LogP contribution < -0.4 is 5.32 Å². The summed E-state index contributed by atoms with van der Waals surface area (Å²) in [5.41, 5.74) is 0.702. The molecular weight excluding hydrogens is 114 g/mol. The largest absolute Gasteiger partial charge is 0.384 e. The van der Waals surface area contributed by atoms with Gasteiger partial charge in [0.1, 0.15) is 0 Å². The van der Waals surface area contributed by atoms with Crippen molar-refractivity contribution in [1.82, 2.24) is 5.32 Å². The van der Waals surface area contributed by atoms with Crippen LogP contribution in [0.5, 0.6) is 0 Å². The van der Waals surface area contributed by atoms with Gasteiger partial charge in [0.05, 0.1) is 0 Å². The molecule has 0 bridgehead atoms. The van der Waals surface area contributed by atoms with Crippen molar-refractivity contribution >= 4 is 6.29 Å². The maximum atomic E-state index is 10.1. The molecule has 0 aromatic carbocycles. The van der Waals surface area contributed by atoms with E-state index in [1.165, 1.54) is 0 Å². The van der Waals surface area contributed by atoms with Gasteiger partial charge < -0.3 is 5.32 Å². The monoisotopic (exact) mass is 123 g/mol. The summed E-state index contributed by atoms with van der Waals surface area (Å²) in [5.74, 6) is 0. The van der Waals surface area contributed by atoms with Gasteiger partial charge in [-0.3, -0.25) is 4.79 Å². The lowest BCUT2D eigenvalue weighted by Crippen LogP contribution is -2.20. The molecular formula is C7H9NO. The zero-order valence-corrected chi connectivity index (χ0v) is 5.29. The molecule has 0 spiro atoms. The summed E-state index contributed by atoms with van der Waals surface area (Å²) >= 11 is 0. The molecule has 48 valence electrons. The molecule has 2 heteroatoms. The first kappa shape index (κ1) is 6.08. The van der Waals surface area contributed by atoms with E-state index in [9.17, 15) is 4.79 Å². The first-order valence-electron chi connectivity index (χ1n) is 2.92. The minimum Gasteiger partial charge on any atom is -0.384 e. The number of nitrogens with one attached hydrogen (secondary N) is 1. The predicted octanol–water partition coefficient (Wildman–Crippen LogP) is 0.617. The highest BCUT2D eigenvalue weighted by Crippen LogP contribution is 1.99. The Labute approximate surface area is 54.3 Å². The lowest BCUT2D eigenvalue weighted by molar-refractivity contribution is -0.104. The van der Waals surface area contributed by atoms with E-state index in [0.29, 0.717) is 11.6 Å². The maximum absolute atomic E-state index is 10.1.